The van der Waals surface area contributed by atoms with Gasteiger partial charge in [-0.2, -0.15) is 5.09 Å². The molecule has 1 saturated heterocycles. The van der Waals surface area contributed by atoms with E-state index in [1.165, 1.54) is 30.0 Å². The van der Waals surface area contributed by atoms with Crippen molar-refractivity contribution in [3.8, 4) is 5.75 Å². The van der Waals surface area contributed by atoms with Crippen LogP contribution < -0.4 is 14.5 Å². The van der Waals surface area contributed by atoms with Gasteiger partial charge < -0.3 is 24.0 Å². The summed E-state index contributed by atoms with van der Waals surface area (Å²) in [6.07, 6.45) is -3.39. The first kappa shape index (κ1) is 33.7. The molecule has 0 radical (unpaired) electrons. The first-order valence-electron chi connectivity index (χ1n) is 14.3. The van der Waals surface area contributed by atoms with Crippen molar-refractivity contribution in [3.63, 3.8) is 0 Å². The Morgan fingerprint density at radius 3 is 2.48 bits per heavy atom. The van der Waals surface area contributed by atoms with Gasteiger partial charge in [-0.05, 0) is 60.6 Å². The number of rotatable bonds is 13. The molecule has 0 aliphatic carbocycles. The Kier molecular flexibility index (Phi) is 9.96. The largest absolute Gasteiger partial charge is 0.462 e. The van der Waals surface area contributed by atoms with Gasteiger partial charge in [0.1, 0.15) is 24.2 Å². The van der Waals surface area contributed by atoms with Gasteiger partial charge in [0.05, 0.1) is 12.4 Å². The quantitative estimate of drug-likeness (QED) is 0.201. The zero-order valence-corrected chi connectivity index (χ0v) is 26.6. The van der Waals surface area contributed by atoms with Gasteiger partial charge in [-0.3, -0.25) is 13.9 Å². The Hall–Kier alpha value is -3.23. The lowest BCUT2D eigenvalue weighted by Crippen LogP contribution is -2.47. The van der Waals surface area contributed by atoms with Gasteiger partial charge in [0, 0.05) is 13.1 Å². The number of benzene rings is 1. The average Bonchev–Trinajstić information content (AvgIpc) is 3.45. The number of hydrogen-bond acceptors (Lipinski definition) is 11. The monoisotopic (exact) mass is 640 g/mol. The van der Waals surface area contributed by atoms with Crippen LogP contribution in [0.15, 0.2) is 36.7 Å². The minimum atomic E-state index is -4.56. The van der Waals surface area contributed by atoms with Crippen molar-refractivity contribution in [1.82, 2.24) is 24.6 Å². The van der Waals surface area contributed by atoms with Crippen LogP contribution in [0.2, 0.25) is 0 Å². The maximum Gasteiger partial charge on any atom is 0.459 e. The molecule has 44 heavy (non-hydrogen) atoms. The zero-order chi connectivity index (χ0) is 32.4. The summed E-state index contributed by atoms with van der Waals surface area (Å²) in [7, 11) is -4.56. The molecular weight excluding hydrogens is 601 g/mol. The van der Waals surface area contributed by atoms with Crippen LogP contribution >= 0.6 is 7.75 Å². The van der Waals surface area contributed by atoms with Crippen molar-refractivity contribution in [1.29, 1.82) is 0 Å². The number of anilines is 1. The van der Waals surface area contributed by atoms with Crippen LogP contribution in [0, 0.1) is 6.92 Å². The molecule has 16 heteroatoms. The lowest BCUT2D eigenvalue weighted by Gasteiger charge is -2.28. The van der Waals surface area contributed by atoms with E-state index in [-0.39, 0.29) is 11.4 Å². The Balaban J connectivity index is 1.63. The minimum Gasteiger partial charge on any atom is -0.462 e. The van der Waals surface area contributed by atoms with E-state index in [4.69, 9.17) is 18.5 Å². The van der Waals surface area contributed by atoms with E-state index in [1.54, 1.807) is 39.0 Å². The fourth-order valence-corrected chi connectivity index (χ4v) is 6.30. The van der Waals surface area contributed by atoms with Gasteiger partial charge in [-0.15, -0.1) is 0 Å². The highest BCUT2D eigenvalue weighted by atomic mass is 31.2. The van der Waals surface area contributed by atoms with Crippen molar-refractivity contribution in [2.45, 2.75) is 84.5 Å². The molecule has 1 unspecified atom stereocenters. The van der Waals surface area contributed by atoms with E-state index in [0.29, 0.717) is 30.2 Å². The van der Waals surface area contributed by atoms with Crippen LogP contribution in [0.25, 0.3) is 11.2 Å². The molecule has 1 fully saturated rings. The Morgan fingerprint density at radius 2 is 1.86 bits per heavy atom. The summed E-state index contributed by atoms with van der Waals surface area (Å²) in [6, 6.07) is 6.61. The number of aromatic nitrogens is 4. The number of carbonyl (C=O) groups is 1. The molecule has 1 aromatic carbocycles. The van der Waals surface area contributed by atoms with Crippen molar-refractivity contribution in [2.75, 3.05) is 24.6 Å². The fourth-order valence-electron chi connectivity index (χ4n) is 4.79. The summed E-state index contributed by atoms with van der Waals surface area (Å²) in [4.78, 5) is 27.6. The summed E-state index contributed by atoms with van der Waals surface area (Å²) in [6.45, 7) is 11.1. The number of alkyl halides is 2. The number of halogens is 2. The molecule has 0 spiro atoms. The summed E-state index contributed by atoms with van der Waals surface area (Å²) < 4.78 is 69.2. The van der Waals surface area contributed by atoms with E-state index in [1.807, 2.05) is 18.7 Å². The SMILES string of the molecule is CCN(CC)c1nc(C)nc2c1ncn2[C@@H]1O[C@](F)(COP(=O)(N[C@@H](C)C(=O)OC(C)C)Oc2ccccc2)[C@@H](O)[C@@]1(C)F. The van der Waals surface area contributed by atoms with Gasteiger partial charge in [0.15, 0.2) is 35.0 Å². The van der Waals surface area contributed by atoms with E-state index < -0.39 is 56.3 Å². The van der Waals surface area contributed by atoms with Crippen LogP contribution in [-0.2, 0) is 23.4 Å². The molecule has 3 aromatic rings. The Morgan fingerprint density at radius 1 is 1.20 bits per heavy atom. The van der Waals surface area contributed by atoms with Gasteiger partial charge in [-0.1, -0.05) is 18.2 Å². The van der Waals surface area contributed by atoms with Crippen LogP contribution in [-0.4, -0.2) is 80.1 Å². The van der Waals surface area contributed by atoms with Gasteiger partial charge >= 0.3 is 13.7 Å². The van der Waals surface area contributed by atoms with Crippen LogP contribution in [0.1, 0.15) is 53.6 Å². The number of aliphatic hydroxyl groups excluding tert-OH is 1. The predicted molar refractivity (Wildman–Crippen MR) is 158 cm³/mol. The standard InChI is InChI=1S/C28H39F2N6O7P/c1-8-35(9-2)22-21-23(33-19(6)32-22)36(16-31-21)26-27(7,29)25(38)28(30,42-26)15-40-44(39,43-20-13-11-10-12-14-20)34-18(5)24(37)41-17(3)4/h10-14,16-18,25-26,38H,8-9,15H2,1-7H3,(H,34,39)/t18-,25-,26+,27+,28+,44?/m0/s1. The Labute approximate surface area is 254 Å². The van der Waals surface area contributed by atoms with Gasteiger partial charge in [0.2, 0.25) is 0 Å². The maximum atomic E-state index is 16.4. The first-order valence-corrected chi connectivity index (χ1v) is 15.9. The molecule has 242 valence electrons. The average molecular weight is 641 g/mol. The third kappa shape index (κ3) is 6.86. The number of nitrogens with zero attached hydrogens (tertiary/aromatic N) is 5. The second-order valence-corrected chi connectivity index (χ2v) is 12.6. The maximum absolute atomic E-state index is 16.4. The van der Waals surface area contributed by atoms with Crippen LogP contribution in [0.4, 0.5) is 14.6 Å². The molecule has 2 N–H and O–H groups in total. The van der Waals surface area contributed by atoms with E-state index >= 15 is 8.78 Å². The summed E-state index contributed by atoms with van der Waals surface area (Å²) in [5.41, 5.74) is -2.22. The van der Waals surface area contributed by atoms with Gasteiger partial charge in [-0.25, -0.2) is 28.3 Å². The minimum absolute atomic E-state index is 0.0747. The Bertz CT molecular complexity index is 1510. The number of esters is 1. The number of nitrogens with one attached hydrogen (secondary N) is 1. The smallest absolute Gasteiger partial charge is 0.459 e. The number of carbonyl (C=O) groups excluding carboxylic acids is 1. The molecule has 0 saturated carbocycles. The van der Waals surface area contributed by atoms with Crippen molar-refractivity contribution in [3.05, 3.63) is 42.5 Å². The van der Waals surface area contributed by atoms with E-state index in [2.05, 4.69) is 20.0 Å². The number of imidazole rings is 1. The molecule has 1 aliphatic rings. The molecule has 0 amide bonds. The normalized spacial score (nSPS) is 25.6. The molecular formula is C28H39F2N6O7P. The third-order valence-corrected chi connectivity index (χ3v) is 8.64. The second-order valence-electron chi connectivity index (χ2n) is 10.9. The lowest BCUT2D eigenvalue weighted by molar-refractivity contribution is -0.202. The highest BCUT2D eigenvalue weighted by molar-refractivity contribution is 7.52. The molecule has 0 bridgehead atoms. The van der Waals surface area contributed by atoms with Crippen molar-refractivity contribution in [2.24, 2.45) is 0 Å². The number of hydrogen-bond donors (Lipinski definition) is 2. The van der Waals surface area contributed by atoms with Crippen molar-refractivity contribution >= 4 is 30.7 Å². The lowest BCUT2D eigenvalue weighted by atomic mass is 9.97. The molecule has 4 rings (SSSR count). The van der Waals surface area contributed by atoms with Gasteiger partial charge in [0.25, 0.3) is 5.85 Å². The molecule has 2 aromatic heterocycles. The summed E-state index contributed by atoms with van der Waals surface area (Å²) in [5, 5.41) is 13.3. The number of aryl methyl sites for hydroxylation is 1. The van der Waals surface area contributed by atoms with Crippen LogP contribution in [0.3, 0.4) is 0 Å². The summed E-state index contributed by atoms with van der Waals surface area (Å²) >= 11 is 0. The number of aliphatic hydroxyl groups is 1. The highest BCUT2D eigenvalue weighted by Crippen LogP contribution is 2.52. The molecule has 1 aliphatic heterocycles. The number of para-hydroxylation sites is 1. The zero-order valence-electron chi connectivity index (χ0n) is 25.7. The van der Waals surface area contributed by atoms with E-state index in [0.717, 1.165) is 6.92 Å². The molecule has 6 atom stereocenters. The predicted octanol–water partition coefficient (Wildman–Crippen LogP) is 4.40. The second kappa shape index (κ2) is 13.0. The topological polar surface area (TPSA) is 150 Å². The molecule has 13 nitrogen and oxygen atoms in total. The highest BCUT2D eigenvalue weighted by Gasteiger charge is 2.65. The van der Waals surface area contributed by atoms with Crippen LogP contribution in [0.5, 0.6) is 5.75 Å². The van der Waals surface area contributed by atoms with E-state index in [9.17, 15) is 14.5 Å². The fraction of sp³-hybridized carbons (Fsp3) is 0.571. The molecule has 3 heterocycles. The van der Waals surface area contributed by atoms with Crippen molar-refractivity contribution < 1.29 is 41.8 Å². The number of ether oxygens (including phenoxy) is 2. The number of fused-ring (bicyclic) bond motifs is 1. The third-order valence-electron chi connectivity index (χ3n) is 7.02. The first-order chi connectivity index (χ1) is 20.6. The summed E-state index contributed by atoms with van der Waals surface area (Å²) in [5.74, 6) is -3.03.